The molecule has 0 spiro atoms. The molecule has 1 aliphatic heterocycles. The third-order valence-electron chi connectivity index (χ3n) is 2.64. The van der Waals surface area contributed by atoms with Gasteiger partial charge in [-0.3, -0.25) is 0 Å². The predicted molar refractivity (Wildman–Crippen MR) is 64.9 cm³/mol. The zero-order chi connectivity index (χ0) is 11.7. The van der Waals surface area contributed by atoms with E-state index in [1.807, 2.05) is 33.7 Å². The Balaban J connectivity index is 2.72. The molecule has 0 radical (unpaired) electrons. The third-order valence-corrected chi connectivity index (χ3v) is 2.64. The van der Waals surface area contributed by atoms with Gasteiger partial charge in [-0.05, 0) is 13.0 Å². The second kappa shape index (κ2) is 3.89. The van der Waals surface area contributed by atoms with E-state index in [0.29, 0.717) is 0 Å². The fraction of sp³-hybridized carbons (Fsp3) is 0.143. The third kappa shape index (κ3) is 1.87. The Kier molecular flexibility index (Phi) is 2.57. The lowest BCUT2D eigenvalue weighted by atomic mass is 10.1. The highest BCUT2D eigenvalue weighted by Gasteiger charge is 2.06. The Hall–Kier alpha value is -1.96. The summed E-state index contributed by atoms with van der Waals surface area (Å²) in [4.78, 5) is 0. The fourth-order valence-electron chi connectivity index (χ4n) is 1.71. The number of hydrogen-bond donors (Lipinski definition) is 0. The van der Waals surface area contributed by atoms with Crippen LogP contribution in [0.1, 0.15) is 12.5 Å². The first-order valence-electron chi connectivity index (χ1n) is 5.24. The molecular formula is C14H16N2. The molecule has 0 aliphatic carbocycles. The van der Waals surface area contributed by atoms with Gasteiger partial charge >= 0.3 is 0 Å². The zero-order valence-electron chi connectivity index (χ0n) is 9.77. The summed E-state index contributed by atoms with van der Waals surface area (Å²) in [6, 6.07) is 4.16. The molecule has 0 saturated heterocycles. The first-order valence-corrected chi connectivity index (χ1v) is 5.24. The van der Waals surface area contributed by atoms with Gasteiger partial charge in [0.25, 0.3) is 0 Å². The lowest BCUT2D eigenvalue weighted by molar-refractivity contribution is -0.520. The Morgan fingerprint density at radius 3 is 2.75 bits per heavy atom. The molecule has 1 aliphatic rings. The first kappa shape index (κ1) is 10.6. The van der Waals surface area contributed by atoms with Gasteiger partial charge in [0.1, 0.15) is 12.1 Å². The summed E-state index contributed by atoms with van der Waals surface area (Å²) < 4.78 is 3.73. The smallest absolute Gasteiger partial charge is 0.162 e. The Labute approximate surface area is 96.2 Å². The van der Waals surface area contributed by atoms with Crippen LogP contribution < -0.4 is 9.59 Å². The number of hydrogen-bond acceptors (Lipinski definition) is 0. The maximum absolute atomic E-state index is 3.98. The molecule has 0 bridgehead atoms. The summed E-state index contributed by atoms with van der Waals surface area (Å²) in [5, 5.41) is 1.07. The molecular weight excluding hydrogens is 196 g/mol. The summed E-state index contributed by atoms with van der Waals surface area (Å²) in [7, 11) is 0. The minimum atomic E-state index is 1.07. The molecule has 0 fully saturated rings. The number of nitrogens with zero attached hydrogens (tertiary/aromatic N) is 2. The van der Waals surface area contributed by atoms with E-state index in [1.165, 1.54) is 11.1 Å². The summed E-state index contributed by atoms with van der Waals surface area (Å²) in [5.41, 5.74) is 3.51. The maximum Gasteiger partial charge on any atom is 0.162 e. The van der Waals surface area contributed by atoms with Crippen molar-refractivity contribution in [3.63, 3.8) is 0 Å². The van der Waals surface area contributed by atoms with Gasteiger partial charge in [0.2, 0.25) is 0 Å². The van der Waals surface area contributed by atoms with Crippen LogP contribution in [-0.2, 0) is 0 Å². The van der Waals surface area contributed by atoms with Crippen molar-refractivity contribution in [3.8, 4) is 0 Å². The van der Waals surface area contributed by atoms with Crippen LogP contribution in [0.2, 0.25) is 0 Å². The molecule has 0 atom stereocenters. The van der Waals surface area contributed by atoms with Crippen molar-refractivity contribution in [2.24, 2.45) is 0 Å². The highest BCUT2D eigenvalue weighted by Crippen LogP contribution is 2.16. The van der Waals surface area contributed by atoms with E-state index < -0.39 is 0 Å². The number of pyridine rings is 1. The van der Waals surface area contributed by atoms with Gasteiger partial charge in [-0.15, -0.1) is 0 Å². The zero-order valence-corrected chi connectivity index (χ0v) is 9.77. The lowest BCUT2D eigenvalue weighted by Crippen LogP contribution is -2.39. The van der Waals surface area contributed by atoms with Crippen molar-refractivity contribution >= 4 is 12.4 Å². The number of aryl methyl sites for hydroxylation is 1. The van der Waals surface area contributed by atoms with Gasteiger partial charge < -0.3 is 4.58 Å². The molecule has 0 saturated carbocycles. The van der Waals surface area contributed by atoms with E-state index >= 15 is 0 Å². The molecule has 0 unspecified atom stereocenters. The Bertz CT molecular complexity index is 579. The average Bonchev–Trinajstić information content (AvgIpc) is 2.25. The summed E-state index contributed by atoms with van der Waals surface area (Å²) in [6.07, 6.45) is 6.12. The van der Waals surface area contributed by atoms with E-state index in [1.54, 1.807) is 0 Å². The van der Waals surface area contributed by atoms with E-state index in [4.69, 9.17) is 0 Å². The van der Waals surface area contributed by atoms with Crippen LogP contribution in [0.4, 0.5) is 0 Å². The molecule has 1 aromatic rings. The molecule has 2 rings (SSSR count). The van der Waals surface area contributed by atoms with Gasteiger partial charge in [-0.2, -0.15) is 12.5 Å². The molecule has 2 nitrogen and oxygen atoms in total. The summed E-state index contributed by atoms with van der Waals surface area (Å²) in [5.74, 6) is 0. The second-order valence-corrected chi connectivity index (χ2v) is 4.12. The minimum Gasteiger partial charge on any atom is -0.321 e. The second-order valence-electron chi connectivity index (χ2n) is 4.12. The van der Waals surface area contributed by atoms with Crippen molar-refractivity contribution < 1.29 is 8.82 Å². The molecule has 0 aromatic carbocycles. The number of rotatable bonds is 0. The van der Waals surface area contributed by atoms with Crippen LogP contribution >= 0.6 is 0 Å². The van der Waals surface area contributed by atoms with Crippen LogP contribution in [-0.4, -0.2) is 11.3 Å². The van der Waals surface area contributed by atoms with Crippen molar-refractivity contribution in [2.75, 3.05) is 0 Å². The highest BCUT2D eigenvalue weighted by atomic mass is 15.0. The molecule has 2 heteroatoms. The minimum absolute atomic E-state index is 1.07. The van der Waals surface area contributed by atoms with Gasteiger partial charge in [0, 0.05) is 12.6 Å². The molecule has 0 amide bonds. The molecule has 0 N–H and O–H groups in total. The van der Waals surface area contributed by atoms with E-state index in [2.05, 4.69) is 39.8 Å². The van der Waals surface area contributed by atoms with Crippen LogP contribution in [0.5, 0.6) is 0 Å². The van der Waals surface area contributed by atoms with Gasteiger partial charge in [0.05, 0.1) is 12.4 Å². The molecule has 16 heavy (non-hydrogen) atoms. The molecule has 1 aromatic heterocycles. The van der Waals surface area contributed by atoms with Crippen LogP contribution in [0, 0.1) is 26.6 Å². The summed E-state index contributed by atoms with van der Waals surface area (Å²) >= 11 is 0. The Morgan fingerprint density at radius 1 is 1.25 bits per heavy atom. The maximum atomic E-state index is 3.98. The van der Waals surface area contributed by atoms with Crippen LogP contribution in [0.25, 0.3) is 5.70 Å². The van der Waals surface area contributed by atoms with Gasteiger partial charge in [-0.1, -0.05) is 12.5 Å². The van der Waals surface area contributed by atoms with Crippen molar-refractivity contribution in [2.45, 2.75) is 13.8 Å². The standard InChI is InChI=1S/C14H16N2/c1-11-5-7-15(3)13(9-11)14-10-12(2)6-8-16(14)4/h5-10H,3-4H2,1-2H3/b14-13-. The normalized spacial score (nSPS) is 18.6. The predicted octanol–water partition coefficient (Wildman–Crippen LogP) is 1.07. The SMILES string of the molecule is C=[N+]1[CH-]C=C(C)[CH-]/C1=c1\cc(C)cc[n+]1=C. The van der Waals surface area contributed by atoms with Gasteiger partial charge in [0.15, 0.2) is 6.20 Å². The molecule has 82 valence electrons. The largest absolute Gasteiger partial charge is 0.321 e. The molecule has 2 heterocycles. The summed E-state index contributed by atoms with van der Waals surface area (Å²) in [6.45, 7) is 14.1. The first-order chi connectivity index (χ1) is 7.58. The number of aromatic nitrogens is 1. The van der Waals surface area contributed by atoms with Crippen molar-refractivity contribution in [3.05, 3.63) is 60.6 Å². The average molecular weight is 212 g/mol. The quantitative estimate of drug-likeness (QED) is 0.449. The lowest BCUT2D eigenvalue weighted by Gasteiger charge is -2.23. The van der Waals surface area contributed by atoms with E-state index in [-0.39, 0.29) is 0 Å². The highest BCUT2D eigenvalue weighted by molar-refractivity contribution is 5.54. The van der Waals surface area contributed by atoms with Crippen molar-refractivity contribution in [1.82, 2.24) is 0 Å². The van der Waals surface area contributed by atoms with E-state index in [0.717, 1.165) is 11.0 Å². The topological polar surface area (TPSA) is 8.91 Å². The van der Waals surface area contributed by atoms with Crippen molar-refractivity contribution in [1.29, 1.82) is 0 Å². The monoisotopic (exact) mass is 212 g/mol. The van der Waals surface area contributed by atoms with Gasteiger partial charge in [-0.25, -0.2) is 9.82 Å². The van der Waals surface area contributed by atoms with Crippen LogP contribution in [0.15, 0.2) is 30.0 Å². The van der Waals surface area contributed by atoms with Crippen LogP contribution in [0.3, 0.4) is 0 Å². The van der Waals surface area contributed by atoms with E-state index in [9.17, 15) is 0 Å². The fourth-order valence-corrected chi connectivity index (χ4v) is 1.71. The Morgan fingerprint density at radius 2 is 2.00 bits per heavy atom.